The van der Waals surface area contributed by atoms with Crippen molar-refractivity contribution in [1.29, 1.82) is 0 Å². The van der Waals surface area contributed by atoms with Crippen LogP contribution in [0.25, 0.3) is 0 Å². The van der Waals surface area contributed by atoms with Gasteiger partial charge in [0.1, 0.15) is 0 Å². The van der Waals surface area contributed by atoms with E-state index in [2.05, 4.69) is 17.1 Å². The number of methoxy groups -OCH3 is 1. The van der Waals surface area contributed by atoms with Gasteiger partial charge in [0, 0.05) is 44.6 Å². The summed E-state index contributed by atoms with van der Waals surface area (Å²) < 4.78 is 23.6. The summed E-state index contributed by atoms with van der Waals surface area (Å²) in [5.41, 5.74) is 3.72. The van der Waals surface area contributed by atoms with Gasteiger partial charge in [-0.05, 0) is 43.0 Å². The second-order valence-corrected chi connectivity index (χ2v) is 10.8. The van der Waals surface area contributed by atoms with E-state index < -0.39 is 18.4 Å². The maximum Gasteiger partial charge on any atom is 0.303 e. The first-order chi connectivity index (χ1) is 19.3. The molecule has 6 unspecified atom stereocenters. The average molecular weight is 555 g/mol. The quantitative estimate of drug-likeness (QED) is 0.406. The van der Waals surface area contributed by atoms with Crippen LogP contribution in [0.5, 0.6) is 0 Å². The number of aliphatic hydroxyl groups excluding tert-OH is 1. The van der Waals surface area contributed by atoms with Gasteiger partial charge in [-0.25, -0.2) is 0 Å². The van der Waals surface area contributed by atoms with Gasteiger partial charge in [-0.15, -0.1) is 0 Å². The Morgan fingerprint density at radius 3 is 2.40 bits per heavy atom. The standard InChI is InChI=1S/C31H42N2O7/c1-20-28(17-33-15-5-6-27(33)19-37-4)39-31(40-29(20)25-11-9-24(18-34)10-12-25)26-13-7-23(8-14-26)16-32-30(36)21(2)38-22(3)35/h7-14,20-21,27-29,31,34H,5-6,15-19H2,1-4H3,(H,32,36). The first-order valence-corrected chi connectivity index (χ1v) is 14.1. The van der Waals surface area contributed by atoms with Crippen molar-refractivity contribution < 1.29 is 33.6 Å². The summed E-state index contributed by atoms with van der Waals surface area (Å²) in [7, 11) is 1.75. The predicted molar refractivity (Wildman–Crippen MR) is 149 cm³/mol. The minimum Gasteiger partial charge on any atom is -0.453 e. The molecule has 2 fully saturated rings. The third-order valence-corrected chi connectivity index (χ3v) is 7.83. The Bertz CT molecular complexity index is 1110. The Kier molecular flexibility index (Phi) is 10.7. The van der Waals surface area contributed by atoms with E-state index in [1.807, 2.05) is 48.5 Å². The minimum atomic E-state index is -0.845. The summed E-state index contributed by atoms with van der Waals surface area (Å²) in [6.07, 6.45) is 0.640. The number of esters is 1. The van der Waals surface area contributed by atoms with Crippen molar-refractivity contribution in [3.8, 4) is 0 Å². The van der Waals surface area contributed by atoms with Crippen LogP contribution in [0.1, 0.15) is 68.3 Å². The van der Waals surface area contributed by atoms with Gasteiger partial charge in [0.05, 0.1) is 25.4 Å². The van der Waals surface area contributed by atoms with Crippen LogP contribution in [0, 0.1) is 5.92 Å². The molecule has 2 heterocycles. The molecule has 2 N–H and O–H groups in total. The summed E-state index contributed by atoms with van der Waals surface area (Å²) in [6, 6.07) is 16.1. The van der Waals surface area contributed by atoms with E-state index in [0.29, 0.717) is 19.2 Å². The molecule has 40 heavy (non-hydrogen) atoms. The molecule has 4 rings (SSSR count). The van der Waals surface area contributed by atoms with Crippen LogP contribution in [0.15, 0.2) is 48.5 Å². The highest BCUT2D eigenvalue weighted by molar-refractivity contribution is 5.82. The van der Waals surface area contributed by atoms with Crippen LogP contribution < -0.4 is 5.32 Å². The monoisotopic (exact) mass is 554 g/mol. The lowest BCUT2D eigenvalue weighted by molar-refractivity contribution is -0.276. The molecule has 0 aromatic heterocycles. The van der Waals surface area contributed by atoms with E-state index in [4.69, 9.17) is 18.9 Å². The fourth-order valence-corrected chi connectivity index (χ4v) is 5.50. The number of hydrogen-bond acceptors (Lipinski definition) is 8. The SMILES string of the molecule is COCC1CCCN1CC1OC(c2ccc(CNC(=O)C(C)OC(C)=O)cc2)OC(c2ccc(CO)cc2)C1C. The number of hydrogen-bond donors (Lipinski definition) is 2. The number of nitrogens with zero attached hydrogens (tertiary/aromatic N) is 1. The molecule has 0 saturated carbocycles. The Morgan fingerprint density at radius 2 is 1.75 bits per heavy atom. The van der Waals surface area contributed by atoms with Crippen LogP contribution in [-0.4, -0.2) is 66.9 Å². The number of benzene rings is 2. The van der Waals surface area contributed by atoms with Gasteiger partial charge in [-0.3, -0.25) is 14.5 Å². The summed E-state index contributed by atoms with van der Waals surface area (Å²) in [5, 5.41) is 12.3. The molecule has 0 radical (unpaired) electrons. The number of carbonyl (C=O) groups is 2. The predicted octanol–water partition coefficient (Wildman–Crippen LogP) is 3.65. The normalized spacial score (nSPS) is 25.9. The van der Waals surface area contributed by atoms with Gasteiger partial charge in [0.15, 0.2) is 12.4 Å². The molecule has 0 spiro atoms. The fourth-order valence-electron chi connectivity index (χ4n) is 5.50. The van der Waals surface area contributed by atoms with Crippen molar-refractivity contribution in [3.63, 3.8) is 0 Å². The Morgan fingerprint density at radius 1 is 1.07 bits per heavy atom. The second kappa shape index (κ2) is 14.2. The van der Waals surface area contributed by atoms with Gasteiger partial charge in [-0.2, -0.15) is 0 Å². The molecule has 9 heteroatoms. The van der Waals surface area contributed by atoms with Crippen LogP contribution >= 0.6 is 0 Å². The minimum absolute atomic E-state index is 0.00103. The Hall–Kier alpha value is -2.82. The van der Waals surface area contributed by atoms with Crippen molar-refractivity contribution in [2.75, 3.05) is 26.8 Å². The Labute approximate surface area is 236 Å². The van der Waals surface area contributed by atoms with Crippen molar-refractivity contribution in [3.05, 3.63) is 70.8 Å². The van der Waals surface area contributed by atoms with Crippen molar-refractivity contribution in [1.82, 2.24) is 10.2 Å². The first kappa shape index (κ1) is 30.1. The topological polar surface area (TPSA) is 107 Å². The number of amides is 1. The molecule has 0 aliphatic carbocycles. The van der Waals surface area contributed by atoms with Gasteiger partial charge in [0.25, 0.3) is 5.91 Å². The van der Waals surface area contributed by atoms with E-state index >= 15 is 0 Å². The highest BCUT2D eigenvalue weighted by Crippen LogP contribution is 2.42. The zero-order valence-electron chi connectivity index (χ0n) is 23.9. The fraction of sp³-hybridized carbons (Fsp3) is 0.548. The molecule has 2 saturated heterocycles. The van der Waals surface area contributed by atoms with Gasteiger partial charge in [-0.1, -0.05) is 55.5 Å². The molecule has 2 aromatic rings. The van der Waals surface area contributed by atoms with Crippen LogP contribution in [0.2, 0.25) is 0 Å². The largest absolute Gasteiger partial charge is 0.453 e. The third kappa shape index (κ3) is 7.67. The van der Waals surface area contributed by atoms with Gasteiger partial charge < -0.3 is 29.4 Å². The highest BCUT2D eigenvalue weighted by atomic mass is 16.7. The lowest BCUT2D eigenvalue weighted by atomic mass is 9.90. The molecule has 2 aliphatic heterocycles. The molecule has 218 valence electrons. The van der Waals surface area contributed by atoms with Gasteiger partial charge in [0.2, 0.25) is 0 Å². The van der Waals surface area contributed by atoms with Crippen LogP contribution in [0.4, 0.5) is 0 Å². The summed E-state index contributed by atoms with van der Waals surface area (Å²) in [5.74, 6) is -0.735. The zero-order valence-corrected chi connectivity index (χ0v) is 23.9. The van der Waals surface area contributed by atoms with Crippen molar-refractivity contribution in [2.45, 2.75) is 77.4 Å². The third-order valence-electron chi connectivity index (χ3n) is 7.83. The smallest absolute Gasteiger partial charge is 0.303 e. The highest BCUT2D eigenvalue weighted by Gasteiger charge is 2.40. The van der Waals surface area contributed by atoms with Gasteiger partial charge >= 0.3 is 5.97 Å². The molecule has 0 bridgehead atoms. The molecule has 9 nitrogen and oxygen atoms in total. The number of likely N-dealkylation sites (tertiary alicyclic amines) is 1. The van der Waals surface area contributed by atoms with Crippen LogP contribution in [-0.2, 0) is 41.7 Å². The zero-order chi connectivity index (χ0) is 28.6. The number of carbonyl (C=O) groups excluding carboxylic acids is 2. The van der Waals surface area contributed by atoms with E-state index in [0.717, 1.165) is 48.2 Å². The summed E-state index contributed by atoms with van der Waals surface area (Å²) >= 11 is 0. The van der Waals surface area contributed by atoms with E-state index in [9.17, 15) is 14.7 Å². The summed E-state index contributed by atoms with van der Waals surface area (Å²) in [6.45, 7) is 7.85. The molecular weight excluding hydrogens is 512 g/mol. The average Bonchev–Trinajstić information content (AvgIpc) is 3.39. The maximum absolute atomic E-state index is 12.2. The molecule has 6 atom stereocenters. The number of rotatable bonds is 11. The molecule has 1 amide bonds. The molecule has 2 aromatic carbocycles. The lowest BCUT2D eigenvalue weighted by Crippen LogP contribution is -2.46. The van der Waals surface area contributed by atoms with E-state index in [1.165, 1.54) is 6.92 Å². The maximum atomic E-state index is 12.2. The summed E-state index contributed by atoms with van der Waals surface area (Å²) in [4.78, 5) is 25.8. The number of nitrogens with one attached hydrogen (secondary N) is 1. The van der Waals surface area contributed by atoms with Crippen molar-refractivity contribution >= 4 is 11.9 Å². The first-order valence-electron chi connectivity index (χ1n) is 14.1. The number of ether oxygens (including phenoxy) is 4. The second-order valence-electron chi connectivity index (χ2n) is 10.8. The molecule has 2 aliphatic rings. The lowest BCUT2D eigenvalue weighted by Gasteiger charge is -2.43. The van der Waals surface area contributed by atoms with Crippen LogP contribution in [0.3, 0.4) is 0 Å². The van der Waals surface area contributed by atoms with E-state index in [1.54, 1.807) is 14.0 Å². The Balaban J connectivity index is 1.48. The molecular formula is C31H42N2O7. The van der Waals surface area contributed by atoms with Crippen molar-refractivity contribution in [2.24, 2.45) is 5.92 Å². The van der Waals surface area contributed by atoms with E-state index in [-0.39, 0.29) is 30.6 Å². The number of aliphatic hydroxyl groups is 1.